The zero-order chi connectivity index (χ0) is 21.2. The van der Waals surface area contributed by atoms with Gasteiger partial charge in [-0.05, 0) is 43.7 Å². The summed E-state index contributed by atoms with van der Waals surface area (Å²) in [5, 5.41) is 4.42. The predicted octanol–water partition coefficient (Wildman–Crippen LogP) is 3.90. The normalized spacial score (nSPS) is 12.4. The Balaban J connectivity index is 1.61. The largest absolute Gasteiger partial charge is 0.464 e. The maximum Gasteiger partial charge on any atom is 0.416 e. The number of furan rings is 1. The van der Waals surface area contributed by atoms with Gasteiger partial charge in [0.1, 0.15) is 5.76 Å². The Labute approximate surface area is 166 Å². The number of halogens is 3. The van der Waals surface area contributed by atoms with E-state index in [-0.39, 0.29) is 12.1 Å². The van der Waals surface area contributed by atoms with Crippen molar-refractivity contribution >= 4 is 10.0 Å². The first-order chi connectivity index (χ1) is 13.6. The third-order valence-corrected chi connectivity index (χ3v) is 5.79. The second-order valence-electron chi connectivity index (χ2n) is 6.59. The minimum absolute atomic E-state index is 0.0997. The minimum Gasteiger partial charge on any atom is -0.464 e. The van der Waals surface area contributed by atoms with Gasteiger partial charge in [-0.2, -0.15) is 18.3 Å². The van der Waals surface area contributed by atoms with Gasteiger partial charge in [-0.15, -0.1) is 0 Å². The zero-order valence-electron chi connectivity index (χ0n) is 15.8. The summed E-state index contributed by atoms with van der Waals surface area (Å²) >= 11 is 0. The summed E-state index contributed by atoms with van der Waals surface area (Å²) in [6.07, 6.45) is -2.88. The zero-order valence-corrected chi connectivity index (χ0v) is 16.6. The molecule has 0 unspecified atom stereocenters. The van der Waals surface area contributed by atoms with Crippen LogP contribution in [0.5, 0.6) is 0 Å². The number of aromatic nitrogens is 2. The highest BCUT2D eigenvalue weighted by atomic mass is 32.2. The quantitative estimate of drug-likeness (QED) is 0.621. The van der Waals surface area contributed by atoms with Crippen molar-refractivity contribution < 1.29 is 26.0 Å². The molecule has 10 heteroatoms. The number of sulfonamides is 1. The Kier molecular flexibility index (Phi) is 5.85. The molecular formula is C19H20F3N3O3S. The van der Waals surface area contributed by atoms with E-state index in [9.17, 15) is 21.6 Å². The molecule has 29 heavy (non-hydrogen) atoms. The summed E-state index contributed by atoms with van der Waals surface area (Å²) in [5.74, 6) is 0.286. The Hall–Kier alpha value is -2.59. The molecule has 0 aliphatic rings. The smallest absolute Gasteiger partial charge is 0.416 e. The Morgan fingerprint density at radius 2 is 1.83 bits per heavy atom. The van der Waals surface area contributed by atoms with Gasteiger partial charge in [0.2, 0.25) is 10.0 Å². The third kappa shape index (κ3) is 5.07. The number of hydrogen-bond acceptors (Lipinski definition) is 4. The topological polar surface area (TPSA) is 77.1 Å². The molecule has 0 aliphatic heterocycles. The SMILES string of the molecule is Cc1nn(CCNS(=O)(=O)Cc2ccc(C(F)(F)F)cc2)c(C)c1-c1ccco1. The fourth-order valence-electron chi connectivity index (χ4n) is 3.06. The Morgan fingerprint density at radius 1 is 1.14 bits per heavy atom. The average Bonchev–Trinajstić information content (AvgIpc) is 3.22. The molecular weight excluding hydrogens is 407 g/mol. The third-order valence-electron chi connectivity index (χ3n) is 4.43. The van der Waals surface area contributed by atoms with Crippen LogP contribution in [0.15, 0.2) is 47.1 Å². The van der Waals surface area contributed by atoms with E-state index < -0.39 is 27.5 Å². The molecule has 1 N–H and O–H groups in total. The molecule has 0 saturated carbocycles. The number of rotatable bonds is 7. The van der Waals surface area contributed by atoms with Crippen molar-refractivity contribution in [1.82, 2.24) is 14.5 Å². The summed E-state index contributed by atoms with van der Waals surface area (Å²) in [6, 6.07) is 7.68. The van der Waals surface area contributed by atoms with Crippen molar-refractivity contribution in [3.63, 3.8) is 0 Å². The molecule has 6 nitrogen and oxygen atoms in total. The second kappa shape index (κ2) is 8.03. The number of nitrogens with zero attached hydrogens (tertiary/aromatic N) is 2. The monoisotopic (exact) mass is 427 g/mol. The molecule has 156 valence electrons. The van der Waals surface area contributed by atoms with Gasteiger partial charge in [0.15, 0.2) is 0 Å². The molecule has 0 bridgehead atoms. The summed E-state index contributed by atoms with van der Waals surface area (Å²) in [7, 11) is -3.70. The number of alkyl halides is 3. The molecule has 0 amide bonds. The van der Waals surface area contributed by atoms with Gasteiger partial charge < -0.3 is 4.42 Å². The molecule has 3 rings (SSSR count). The number of hydrogen-bond donors (Lipinski definition) is 1. The Morgan fingerprint density at radius 3 is 2.41 bits per heavy atom. The predicted molar refractivity (Wildman–Crippen MR) is 101 cm³/mol. The molecule has 0 saturated heterocycles. The number of benzene rings is 1. The minimum atomic E-state index is -4.45. The van der Waals surface area contributed by atoms with Crippen LogP contribution < -0.4 is 4.72 Å². The van der Waals surface area contributed by atoms with Crippen molar-refractivity contribution in [3.8, 4) is 11.3 Å². The molecule has 1 aromatic carbocycles. The van der Waals surface area contributed by atoms with E-state index in [1.54, 1.807) is 17.0 Å². The lowest BCUT2D eigenvalue weighted by Gasteiger charge is -2.10. The van der Waals surface area contributed by atoms with Crippen molar-refractivity contribution in [1.29, 1.82) is 0 Å². The van der Waals surface area contributed by atoms with Crippen LogP contribution in [0.2, 0.25) is 0 Å². The fourth-order valence-corrected chi connectivity index (χ4v) is 4.20. The molecule has 0 aliphatic carbocycles. The molecule has 0 radical (unpaired) electrons. The first kappa shape index (κ1) is 21.1. The highest BCUT2D eigenvalue weighted by Crippen LogP contribution is 2.29. The van der Waals surface area contributed by atoms with Crippen LogP contribution >= 0.6 is 0 Å². The highest BCUT2D eigenvalue weighted by molar-refractivity contribution is 7.88. The molecule has 3 aromatic rings. The van der Waals surface area contributed by atoms with Crippen LogP contribution in [-0.4, -0.2) is 24.7 Å². The van der Waals surface area contributed by atoms with Crippen LogP contribution in [0.25, 0.3) is 11.3 Å². The van der Waals surface area contributed by atoms with E-state index in [1.165, 1.54) is 12.1 Å². The first-order valence-corrected chi connectivity index (χ1v) is 10.4. The van der Waals surface area contributed by atoms with Gasteiger partial charge in [0.25, 0.3) is 0 Å². The van der Waals surface area contributed by atoms with Gasteiger partial charge in [0.05, 0.1) is 35.4 Å². The summed E-state index contributed by atoms with van der Waals surface area (Å²) < 4.78 is 71.8. The number of nitrogens with one attached hydrogen (secondary N) is 1. The standard InChI is InChI=1S/C19H20F3N3O3S/c1-13-18(17-4-3-11-28-17)14(2)25(24-13)10-9-23-29(26,27)12-15-5-7-16(8-6-15)19(20,21)22/h3-8,11,23H,9-10,12H2,1-2H3. The fraction of sp³-hybridized carbons (Fsp3) is 0.316. The van der Waals surface area contributed by atoms with Gasteiger partial charge in [-0.3, -0.25) is 4.68 Å². The van der Waals surface area contributed by atoms with Crippen LogP contribution in [0, 0.1) is 13.8 Å². The van der Waals surface area contributed by atoms with E-state index in [4.69, 9.17) is 4.42 Å². The van der Waals surface area contributed by atoms with Crippen molar-refractivity contribution in [2.45, 2.75) is 32.3 Å². The lowest BCUT2D eigenvalue weighted by molar-refractivity contribution is -0.137. The van der Waals surface area contributed by atoms with E-state index in [2.05, 4.69) is 9.82 Å². The summed E-state index contributed by atoms with van der Waals surface area (Å²) in [4.78, 5) is 0. The molecule has 0 fully saturated rings. The van der Waals surface area contributed by atoms with Crippen molar-refractivity contribution in [2.24, 2.45) is 0 Å². The number of aryl methyl sites for hydroxylation is 1. The van der Waals surface area contributed by atoms with Gasteiger partial charge in [-0.1, -0.05) is 12.1 Å². The highest BCUT2D eigenvalue weighted by Gasteiger charge is 2.30. The van der Waals surface area contributed by atoms with Crippen LogP contribution in [0.4, 0.5) is 13.2 Å². The van der Waals surface area contributed by atoms with Crippen LogP contribution in [0.1, 0.15) is 22.5 Å². The maximum absolute atomic E-state index is 12.6. The van der Waals surface area contributed by atoms with E-state index >= 15 is 0 Å². The van der Waals surface area contributed by atoms with Crippen molar-refractivity contribution in [3.05, 3.63) is 65.2 Å². The first-order valence-electron chi connectivity index (χ1n) is 8.78. The van der Waals surface area contributed by atoms with Crippen LogP contribution in [-0.2, 0) is 28.5 Å². The molecule has 2 heterocycles. The lowest BCUT2D eigenvalue weighted by atomic mass is 10.1. The average molecular weight is 427 g/mol. The second-order valence-corrected chi connectivity index (χ2v) is 8.40. The summed E-state index contributed by atoms with van der Waals surface area (Å²) in [5.41, 5.74) is 1.94. The van der Waals surface area contributed by atoms with Crippen LogP contribution in [0.3, 0.4) is 0 Å². The van der Waals surface area contributed by atoms with Crippen molar-refractivity contribution in [2.75, 3.05) is 6.54 Å². The van der Waals surface area contributed by atoms with E-state index in [0.29, 0.717) is 12.3 Å². The lowest BCUT2D eigenvalue weighted by Crippen LogP contribution is -2.29. The molecule has 0 atom stereocenters. The maximum atomic E-state index is 12.6. The Bertz CT molecular complexity index is 1070. The molecule has 0 spiro atoms. The van der Waals surface area contributed by atoms with Gasteiger partial charge >= 0.3 is 6.18 Å². The summed E-state index contributed by atoms with van der Waals surface area (Å²) in [6.45, 7) is 4.12. The van der Waals surface area contributed by atoms with Gasteiger partial charge in [0, 0.05) is 12.2 Å². The molecule has 2 aromatic heterocycles. The van der Waals surface area contributed by atoms with Gasteiger partial charge in [-0.25, -0.2) is 13.1 Å². The van der Waals surface area contributed by atoms with E-state index in [1.807, 2.05) is 19.9 Å². The van der Waals surface area contributed by atoms with E-state index in [0.717, 1.165) is 29.1 Å².